The maximum absolute atomic E-state index is 12.9. The number of amides is 2. The molecule has 2 atom stereocenters. The fraction of sp³-hybridized carbons (Fsp3) is 0.421. The maximum atomic E-state index is 12.9. The second-order valence-corrected chi connectivity index (χ2v) is 7.45. The standard InChI is InChI=1S/C19H24ClN5O3/c1-23(2)8-9-25-11-15(10-21-25)22-19(27)18-17(24(3)16(26)12-28-18)13-4-6-14(20)7-5-13/h4-7,10-11,17-18H,8-9,12H2,1-3H3,(H,22,27). The molecule has 150 valence electrons. The van der Waals surface area contributed by atoms with Gasteiger partial charge < -0.3 is 19.9 Å². The lowest BCUT2D eigenvalue weighted by molar-refractivity contribution is -0.160. The van der Waals surface area contributed by atoms with E-state index in [1.165, 1.54) is 4.90 Å². The third-order valence-electron chi connectivity index (χ3n) is 4.63. The second-order valence-electron chi connectivity index (χ2n) is 7.02. The lowest BCUT2D eigenvalue weighted by Gasteiger charge is -2.38. The molecule has 2 unspecified atom stereocenters. The lowest BCUT2D eigenvalue weighted by atomic mass is 9.97. The first-order valence-corrected chi connectivity index (χ1v) is 9.33. The summed E-state index contributed by atoms with van der Waals surface area (Å²) in [5.74, 6) is -0.507. The maximum Gasteiger partial charge on any atom is 0.256 e. The highest BCUT2D eigenvalue weighted by Gasteiger charge is 2.40. The smallest absolute Gasteiger partial charge is 0.256 e. The molecule has 1 aromatic carbocycles. The number of rotatable bonds is 6. The Morgan fingerprint density at radius 2 is 2.07 bits per heavy atom. The molecule has 2 aromatic rings. The van der Waals surface area contributed by atoms with E-state index in [9.17, 15) is 9.59 Å². The number of anilines is 1. The predicted octanol–water partition coefficient (Wildman–Crippen LogP) is 1.64. The van der Waals surface area contributed by atoms with Crippen molar-refractivity contribution in [3.05, 3.63) is 47.2 Å². The minimum Gasteiger partial charge on any atom is -0.356 e. The van der Waals surface area contributed by atoms with Crippen molar-refractivity contribution in [1.29, 1.82) is 0 Å². The van der Waals surface area contributed by atoms with Gasteiger partial charge in [-0.1, -0.05) is 23.7 Å². The number of nitrogens with one attached hydrogen (secondary N) is 1. The highest BCUT2D eigenvalue weighted by atomic mass is 35.5. The number of halogens is 1. The van der Waals surface area contributed by atoms with Crippen molar-refractivity contribution in [2.75, 3.05) is 39.6 Å². The molecule has 8 nitrogen and oxygen atoms in total. The van der Waals surface area contributed by atoms with Crippen LogP contribution >= 0.6 is 11.6 Å². The molecule has 0 bridgehead atoms. The van der Waals surface area contributed by atoms with Crippen LogP contribution < -0.4 is 5.32 Å². The van der Waals surface area contributed by atoms with E-state index in [-0.39, 0.29) is 18.4 Å². The first kappa shape index (κ1) is 20.3. The summed E-state index contributed by atoms with van der Waals surface area (Å²) in [4.78, 5) is 28.6. The minimum atomic E-state index is -0.839. The average molecular weight is 406 g/mol. The zero-order chi connectivity index (χ0) is 20.3. The molecule has 1 aliphatic heterocycles. The van der Waals surface area contributed by atoms with E-state index < -0.39 is 12.1 Å². The van der Waals surface area contributed by atoms with Gasteiger partial charge in [0.2, 0.25) is 5.91 Å². The van der Waals surface area contributed by atoms with Crippen LogP contribution in [0.25, 0.3) is 0 Å². The average Bonchev–Trinajstić information content (AvgIpc) is 3.10. The third-order valence-corrected chi connectivity index (χ3v) is 4.88. The van der Waals surface area contributed by atoms with Crippen molar-refractivity contribution in [2.45, 2.75) is 18.7 Å². The monoisotopic (exact) mass is 405 g/mol. The molecule has 2 amide bonds. The molecule has 1 N–H and O–H groups in total. The number of nitrogens with zero attached hydrogens (tertiary/aromatic N) is 4. The number of carbonyl (C=O) groups is 2. The van der Waals surface area contributed by atoms with Crippen LogP contribution in [0.15, 0.2) is 36.7 Å². The molecular weight excluding hydrogens is 382 g/mol. The SMILES string of the molecule is CN(C)CCn1cc(NC(=O)C2OCC(=O)N(C)C2c2ccc(Cl)cc2)cn1. The van der Waals surface area contributed by atoms with Crippen LogP contribution in [-0.4, -0.2) is 71.8 Å². The fourth-order valence-corrected chi connectivity index (χ4v) is 3.18. The molecule has 1 aromatic heterocycles. The third kappa shape index (κ3) is 4.70. The predicted molar refractivity (Wildman–Crippen MR) is 106 cm³/mol. The normalized spacial score (nSPS) is 19.9. The van der Waals surface area contributed by atoms with Crippen molar-refractivity contribution in [1.82, 2.24) is 19.6 Å². The summed E-state index contributed by atoms with van der Waals surface area (Å²) in [5, 5.41) is 7.68. The van der Waals surface area contributed by atoms with Crippen LogP contribution in [0.1, 0.15) is 11.6 Å². The molecule has 0 spiro atoms. The molecule has 1 aliphatic rings. The Bertz CT molecular complexity index is 836. The molecular formula is C19H24ClN5O3. The molecule has 28 heavy (non-hydrogen) atoms. The summed E-state index contributed by atoms with van der Waals surface area (Å²) in [7, 11) is 5.65. The van der Waals surface area contributed by atoms with E-state index in [0.717, 1.165) is 12.1 Å². The number of hydrogen-bond donors (Lipinski definition) is 1. The number of ether oxygens (including phenoxy) is 1. The van der Waals surface area contributed by atoms with Crippen molar-refractivity contribution in [2.24, 2.45) is 0 Å². The Morgan fingerprint density at radius 1 is 1.36 bits per heavy atom. The summed E-state index contributed by atoms with van der Waals surface area (Å²) in [6.45, 7) is 1.42. The second kappa shape index (κ2) is 8.72. The fourth-order valence-electron chi connectivity index (χ4n) is 3.06. The summed E-state index contributed by atoms with van der Waals surface area (Å²) in [5.41, 5.74) is 1.36. The van der Waals surface area contributed by atoms with Gasteiger partial charge >= 0.3 is 0 Å². The van der Waals surface area contributed by atoms with E-state index >= 15 is 0 Å². The summed E-state index contributed by atoms with van der Waals surface area (Å²) in [6, 6.07) is 6.51. The number of hydrogen-bond acceptors (Lipinski definition) is 5. The zero-order valence-electron chi connectivity index (χ0n) is 16.1. The van der Waals surface area contributed by atoms with Gasteiger partial charge in [0.05, 0.1) is 24.5 Å². The van der Waals surface area contributed by atoms with Crippen LogP contribution in [0, 0.1) is 0 Å². The topological polar surface area (TPSA) is 79.7 Å². The largest absolute Gasteiger partial charge is 0.356 e. The van der Waals surface area contributed by atoms with Crippen molar-refractivity contribution < 1.29 is 14.3 Å². The Labute approximate surface area is 169 Å². The van der Waals surface area contributed by atoms with E-state index in [4.69, 9.17) is 16.3 Å². The van der Waals surface area contributed by atoms with Gasteiger partial charge in [0.1, 0.15) is 6.61 Å². The van der Waals surface area contributed by atoms with Crippen LogP contribution in [0.5, 0.6) is 0 Å². The minimum absolute atomic E-state index is 0.138. The van der Waals surface area contributed by atoms with Crippen molar-refractivity contribution >= 4 is 29.1 Å². The molecule has 0 saturated carbocycles. The van der Waals surface area contributed by atoms with E-state index in [1.54, 1.807) is 48.4 Å². The van der Waals surface area contributed by atoms with Gasteiger partial charge in [-0.3, -0.25) is 14.3 Å². The Hall–Kier alpha value is -2.42. The zero-order valence-corrected chi connectivity index (χ0v) is 16.9. The van der Waals surface area contributed by atoms with Gasteiger partial charge in [0.25, 0.3) is 5.91 Å². The van der Waals surface area contributed by atoms with E-state index in [1.807, 2.05) is 14.1 Å². The number of likely N-dealkylation sites (N-methyl/N-ethyl adjacent to an activating group) is 2. The van der Waals surface area contributed by atoms with Gasteiger partial charge in [-0.25, -0.2) is 0 Å². The van der Waals surface area contributed by atoms with Crippen molar-refractivity contribution in [3.8, 4) is 0 Å². The van der Waals surface area contributed by atoms with Gasteiger partial charge in [-0.05, 0) is 31.8 Å². The number of benzene rings is 1. The first-order valence-electron chi connectivity index (χ1n) is 8.96. The van der Waals surface area contributed by atoms with Crippen LogP contribution in [-0.2, 0) is 20.9 Å². The van der Waals surface area contributed by atoms with Crippen LogP contribution in [0.4, 0.5) is 5.69 Å². The van der Waals surface area contributed by atoms with E-state index in [0.29, 0.717) is 17.3 Å². The first-order chi connectivity index (χ1) is 13.3. The van der Waals surface area contributed by atoms with Gasteiger partial charge in [0, 0.05) is 24.8 Å². The van der Waals surface area contributed by atoms with E-state index in [2.05, 4.69) is 15.3 Å². The molecule has 1 saturated heterocycles. The molecule has 0 aliphatic carbocycles. The van der Waals surface area contributed by atoms with Gasteiger partial charge in [-0.2, -0.15) is 5.10 Å². The van der Waals surface area contributed by atoms with Crippen LogP contribution in [0.2, 0.25) is 5.02 Å². The Kier molecular flexibility index (Phi) is 6.33. The molecule has 3 rings (SSSR count). The molecule has 2 heterocycles. The highest BCUT2D eigenvalue weighted by molar-refractivity contribution is 6.30. The lowest BCUT2D eigenvalue weighted by Crippen LogP contribution is -2.51. The number of aromatic nitrogens is 2. The molecule has 1 fully saturated rings. The Balaban J connectivity index is 1.75. The molecule has 9 heteroatoms. The summed E-state index contributed by atoms with van der Waals surface area (Å²) < 4.78 is 7.38. The van der Waals surface area contributed by atoms with Gasteiger partial charge in [-0.15, -0.1) is 0 Å². The van der Waals surface area contributed by atoms with Crippen molar-refractivity contribution in [3.63, 3.8) is 0 Å². The number of carbonyl (C=O) groups excluding carboxylic acids is 2. The van der Waals surface area contributed by atoms with Crippen LogP contribution in [0.3, 0.4) is 0 Å². The quantitative estimate of drug-likeness (QED) is 0.790. The highest BCUT2D eigenvalue weighted by Crippen LogP contribution is 2.30. The molecule has 0 radical (unpaired) electrons. The number of morpholine rings is 1. The summed E-state index contributed by atoms with van der Waals surface area (Å²) in [6.07, 6.45) is 2.54. The van der Waals surface area contributed by atoms with Gasteiger partial charge in [0.15, 0.2) is 6.10 Å². The Morgan fingerprint density at radius 3 is 2.75 bits per heavy atom. The summed E-state index contributed by atoms with van der Waals surface area (Å²) >= 11 is 5.97.